The van der Waals surface area contributed by atoms with Crippen molar-refractivity contribution in [1.82, 2.24) is 4.90 Å². The van der Waals surface area contributed by atoms with Crippen molar-refractivity contribution in [3.63, 3.8) is 0 Å². The Balaban J connectivity index is 1.76. The van der Waals surface area contributed by atoms with E-state index in [0.717, 1.165) is 40.0 Å². The molecule has 0 N–H and O–H groups in total. The molecule has 2 aromatic rings. The highest BCUT2D eigenvalue weighted by molar-refractivity contribution is 9.10. The number of amides is 2. The number of aryl methyl sites for hydroxylation is 1. The zero-order valence-electron chi connectivity index (χ0n) is 20.6. The minimum atomic E-state index is -0.962. The number of hydrogen-bond donors (Lipinski definition) is 0. The Morgan fingerprint density at radius 2 is 1.89 bits per heavy atom. The maximum absolute atomic E-state index is 13.5. The molecule has 0 unspecified atom stereocenters. The van der Waals surface area contributed by atoms with E-state index in [1.54, 1.807) is 13.0 Å². The fraction of sp³-hybridized carbons (Fsp3) is 0.519. The largest absolute Gasteiger partial charge is 0.461 e. The van der Waals surface area contributed by atoms with Gasteiger partial charge in [0.15, 0.2) is 6.10 Å². The van der Waals surface area contributed by atoms with Crippen LogP contribution in [0.3, 0.4) is 0 Å². The van der Waals surface area contributed by atoms with Gasteiger partial charge in [0.2, 0.25) is 5.91 Å². The van der Waals surface area contributed by atoms with E-state index >= 15 is 0 Å². The molecule has 7 nitrogen and oxygen atoms in total. The summed E-state index contributed by atoms with van der Waals surface area (Å²) in [5.41, 5.74) is 0.997. The Labute approximate surface area is 215 Å². The molecule has 0 bridgehead atoms. The third-order valence-electron chi connectivity index (χ3n) is 6.21. The first-order valence-corrected chi connectivity index (χ1v) is 13.1. The molecule has 3 rings (SSSR count). The van der Waals surface area contributed by atoms with Gasteiger partial charge in [-0.05, 0) is 47.3 Å². The lowest BCUT2D eigenvalue weighted by atomic mass is 9.98. The lowest BCUT2D eigenvalue weighted by Gasteiger charge is -2.27. The normalized spacial score (nSPS) is 17.2. The molecule has 2 amide bonds. The monoisotopic (exact) mass is 547 g/mol. The number of imide groups is 1. The number of cyclic esters (lactones) is 1. The van der Waals surface area contributed by atoms with Crippen LogP contribution >= 0.6 is 15.9 Å². The second-order valence-corrected chi connectivity index (χ2v) is 9.89. The number of rotatable bonds is 12. The van der Waals surface area contributed by atoms with E-state index in [-0.39, 0.29) is 6.61 Å². The van der Waals surface area contributed by atoms with Crippen molar-refractivity contribution in [2.45, 2.75) is 77.9 Å². The minimum absolute atomic E-state index is 0.124. The van der Waals surface area contributed by atoms with E-state index in [1.807, 2.05) is 30.3 Å². The summed E-state index contributed by atoms with van der Waals surface area (Å²) in [5.74, 6) is -0.709. The fourth-order valence-electron chi connectivity index (χ4n) is 4.33. The summed E-state index contributed by atoms with van der Waals surface area (Å²) in [6.07, 6.45) is 5.25. The van der Waals surface area contributed by atoms with Crippen LogP contribution in [0.5, 0.6) is 0 Å². The zero-order valence-corrected chi connectivity index (χ0v) is 22.2. The molecule has 0 saturated carbocycles. The zero-order chi connectivity index (χ0) is 25.4. The van der Waals surface area contributed by atoms with Crippen molar-refractivity contribution in [3.05, 3.63) is 58.0 Å². The van der Waals surface area contributed by atoms with Gasteiger partial charge < -0.3 is 13.9 Å². The molecular weight excluding hydrogens is 514 g/mol. The van der Waals surface area contributed by atoms with Crippen LogP contribution in [0, 0.1) is 5.92 Å². The van der Waals surface area contributed by atoms with Crippen molar-refractivity contribution in [2.75, 3.05) is 6.61 Å². The van der Waals surface area contributed by atoms with Crippen LogP contribution in [0.1, 0.15) is 76.1 Å². The summed E-state index contributed by atoms with van der Waals surface area (Å²) >= 11 is 3.54. The van der Waals surface area contributed by atoms with Crippen molar-refractivity contribution in [1.29, 1.82) is 0 Å². The number of ether oxygens (including phenoxy) is 2. The predicted octanol–water partition coefficient (Wildman–Crippen LogP) is 6.39. The highest BCUT2D eigenvalue weighted by atomic mass is 79.9. The lowest BCUT2D eigenvalue weighted by molar-refractivity contribution is -0.154. The summed E-state index contributed by atoms with van der Waals surface area (Å²) < 4.78 is 17.6. The highest BCUT2D eigenvalue weighted by Crippen LogP contribution is 2.35. The number of esters is 1. The molecule has 0 spiro atoms. The molecule has 2 heterocycles. The maximum Gasteiger partial charge on any atom is 0.416 e. The van der Waals surface area contributed by atoms with Gasteiger partial charge in [-0.3, -0.25) is 9.59 Å². The summed E-state index contributed by atoms with van der Waals surface area (Å²) in [6.45, 7) is 5.23. The van der Waals surface area contributed by atoms with Gasteiger partial charge in [-0.15, -0.1) is 0 Å². The Kier molecular flexibility index (Phi) is 9.95. The van der Waals surface area contributed by atoms with Crippen LogP contribution in [0.25, 0.3) is 0 Å². The number of halogens is 1. The van der Waals surface area contributed by atoms with E-state index < -0.39 is 36.0 Å². The molecule has 190 valence electrons. The smallest absolute Gasteiger partial charge is 0.416 e. The van der Waals surface area contributed by atoms with Crippen LogP contribution in [0.2, 0.25) is 0 Å². The standard InChI is InChI=1S/C27H34BrNO6/c1-4-5-6-7-11-14-23-22(28)16-24(35-23)25(34-19(3)30)18(2)26(31)29-21(17-33-27(29)32)15-20-12-9-8-10-13-20/h8-10,12-13,16,18,21,25H,4-7,11,14-15,17H2,1-3H3/t18-,21-,25-/m0/s1. The van der Waals surface area contributed by atoms with Crippen molar-refractivity contribution >= 4 is 33.9 Å². The number of benzene rings is 1. The van der Waals surface area contributed by atoms with Gasteiger partial charge in [0, 0.05) is 13.3 Å². The van der Waals surface area contributed by atoms with Crippen molar-refractivity contribution < 1.29 is 28.3 Å². The minimum Gasteiger partial charge on any atom is -0.461 e. The fourth-order valence-corrected chi connectivity index (χ4v) is 4.83. The number of unbranched alkanes of at least 4 members (excludes halogenated alkanes) is 4. The van der Waals surface area contributed by atoms with Crippen LogP contribution in [-0.2, 0) is 31.9 Å². The van der Waals surface area contributed by atoms with E-state index in [2.05, 4.69) is 22.9 Å². The average molecular weight is 548 g/mol. The molecule has 0 radical (unpaired) electrons. The van der Waals surface area contributed by atoms with Gasteiger partial charge in [0.1, 0.15) is 18.1 Å². The first-order valence-electron chi connectivity index (χ1n) is 12.3. The highest BCUT2D eigenvalue weighted by Gasteiger charge is 2.43. The molecular formula is C27H34BrNO6. The molecule has 1 aliphatic rings. The summed E-state index contributed by atoms with van der Waals surface area (Å²) in [5, 5.41) is 0. The van der Waals surface area contributed by atoms with Crippen molar-refractivity contribution in [2.24, 2.45) is 5.92 Å². The molecule has 35 heavy (non-hydrogen) atoms. The Hall–Kier alpha value is -2.61. The van der Waals surface area contributed by atoms with Gasteiger partial charge >= 0.3 is 12.1 Å². The Bertz CT molecular complexity index is 1000. The molecule has 1 aromatic heterocycles. The molecule has 1 aliphatic heterocycles. The number of furan rings is 1. The molecule has 8 heteroatoms. The second kappa shape index (κ2) is 12.9. The van der Waals surface area contributed by atoms with Crippen LogP contribution in [0.15, 0.2) is 45.3 Å². The summed E-state index contributed by atoms with van der Waals surface area (Å²) in [4.78, 5) is 39.1. The average Bonchev–Trinajstić information content (AvgIpc) is 3.38. The van der Waals surface area contributed by atoms with Crippen LogP contribution in [0.4, 0.5) is 4.79 Å². The van der Waals surface area contributed by atoms with Gasteiger partial charge in [-0.2, -0.15) is 0 Å². The van der Waals surface area contributed by atoms with Crippen LogP contribution in [-0.4, -0.2) is 35.5 Å². The Morgan fingerprint density at radius 1 is 1.17 bits per heavy atom. The van der Waals surface area contributed by atoms with Crippen LogP contribution < -0.4 is 0 Å². The first kappa shape index (κ1) is 27.0. The topological polar surface area (TPSA) is 86.0 Å². The van der Waals surface area contributed by atoms with Gasteiger partial charge in [-0.1, -0.05) is 62.9 Å². The number of carbonyl (C=O) groups excluding carboxylic acids is 3. The number of hydrogen-bond acceptors (Lipinski definition) is 6. The molecule has 0 aliphatic carbocycles. The lowest BCUT2D eigenvalue weighted by Crippen LogP contribution is -2.44. The molecule has 1 fully saturated rings. The SMILES string of the molecule is CCCCCCCc1oc([C@@H](OC(C)=O)[C@H](C)C(=O)N2C(=O)OC[C@@H]2Cc2ccccc2)cc1Br. The summed E-state index contributed by atoms with van der Waals surface area (Å²) in [6, 6.07) is 10.9. The predicted molar refractivity (Wildman–Crippen MR) is 135 cm³/mol. The third kappa shape index (κ3) is 7.19. The molecule has 3 atom stereocenters. The maximum atomic E-state index is 13.5. The first-order chi connectivity index (χ1) is 16.8. The van der Waals surface area contributed by atoms with Gasteiger partial charge in [0.25, 0.3) is 0 Å². The number of carbonyl (C=O) groups is 3. The number of nitrogens with zero attached hydrogens (tertiary/aromatic N) is 1. The van der Waals surface area contributed by atoms with E-state index in [4.69, 9.17) is 13.9 Å². The van der Waals surface area contributed by atoms with E-state index in [9.17, 15) is 14.4 Å². The third-order valence-corrected chi connectivity index (χ3v) is 6.88. The van der Waals surface area contributed by atoms with Gasteiger partial charge in [-0.25, -0.2) is 9.69 Å². The quantitative estimate of drug-likeness (QED) is 0.226. The van der Waals surface area contributed by atoms with Crippen molar-refractivity contribution in [3.8, 4) is 0 Å². The van der Waals surface area contributed by atoms with E-state index in [1.165, 1.54) is 26.2 Å². The summed E-state index contributed by atoms with van der Waals surface area (Å²) in [7, 11) is 0. The van der Waals surface area contributed by atoms with E-state index in [0.29, 0.717) is 12.2 Å². The molecule has 1 saturated heterocycles. The second-order valence-electron chi connectivity index (χ2n) is 9.03. The Morgan fingerprint density at radius 3 is 2.57 bits per heavy atom. The molecule has 1 aromatic carbocycles. The van der Waals surface area contributed by atoms with Gasteiger partial charge in [0.05, 0.1) is 16.4 Å².